The highest BCUT2D eigenvalue weighted by atomic mass is 15.1. The van der Waals surface area contributed by atoms with E-state index in [9.17, 15) is 0 Å². The van der Waals surface area contributed by atoms with Gasteiger partial charge >= 0.3 is 0 Å². The van der Waals surface area contributed by atoms with Gasteiger partial charge in [-0.3, -0.25) is 0 Å². The molecule has 1 aliphatic heterocycles. The maximum Gasteiger partial charge on any atom is 0.00965 e. The van der Waals surface area contributed by atoms with Crippen molar-refractivity contribution >= 4 is 0 Å². The van der Waals surface area contributed by atoms with Crippen LogP contribution in [-0.2, 0) is 0 Å². The molecule has 16 heavy (non-hydrogen) atoms. The molecule has 2 nitrogen and oxygen atoms in total. The Balaban J connectivity index is 1.87. The SMILES string of the molecule is CC(C)(C)NCCCCCN1CCCCC1. The number of rotatable bonds is 6. The molecule has 96 valence electrons. The molecule has 0 saturated carbocycles. The zero-order chi connectivity index (χ0) is 11.9. The highest BCUT2D eigenvalue weighted by Crippen LogP contribution is 2.09. The lowest BCUT2D eigenvalue weighted by molar-refractivity contribution is 0.224. The third-order valence-corrected chi connectivity index (χ3v) is 3.26. The molecule has 0 unspecified atom stereocenters. The fraction of sp³-hybridized carbons (Fsp3) is 1.00. The molecule has 1 saturated heterocycles. The van der Waals surface area contributed by atoms with Crippen molar-refractivity contribution in [2.45, 2.75) is 64.8 Å². The minimum absolute atomic E-state index is 0.285. The van der Waals surface area contributed by atoms with E-state index in [1.54, 1.807) is 0 Å². The topological polar surface area (TPSA) is 15.3 Å². The number of hydrogen-bond donors (Lipinski definition) is 1. The van der Waals surface area contributed by atoms with Crippen molar-refractivity contribution in [1.29, 1.82) is 0 Å². The van der Waals surface area contributed by atoms with Crippen LogP contribution in [0, 0.1) is 0 Å². The zero-order valence-corrected chi connectivity index (χ0v) is 11.5. The molecule has 2 heteroatoms. The van der Waals surface area contributed by atoms with Gasteiger partial charge in [0.05, 0.1) is 0 Å². The number of nitrogens with zero attached hydrogens (tertiary/aromatic N) is 1. The van der Waals surface area contributed by atoms with Crippen molar-refractivity contribution in [3.8, 4) is 0 Å². The van der Waals surface area contributed by atoms with Crippen molar-refractivity contribution in [2.24, 2.45) is 0 Å². The Morgan fingerprint density at radius 2 is 1.62 bits per heavy atom. The van der Waals surface area contributed by atoms with Crippen LogP contribution in [0.5, 0.6) is 0 Å². The van der Waals surface area contributed by atoms with Crippen LogP contribution in [0.2, 0.25) is 0 Å². The quantitative estimate of drug-likeness (QED) is 0.700. The lowest BCUT2D eigenvalue weighted by Gasteiger charge is -2.26. The summed E-state index contributed by atoms with van der Waals surface area (Å²) in [6.07, 6.45) is 8.37. The average Bonchev–Trinajstić information content (AvgIpc) is 2.23. The van der Waals surface area contributed by atoms with Gasteiger partial charge in [-0.05, 0) is 72.6 Å². The number of hydrogen-bond acceptors (Lipinski definition) is 2. The lowest BCUT2D eigenvalue weighted by Crippen LogP contribution is -2.36. The maximum absolute atomic E-state index is 3.55. The average molecular weight is 226 g/mol. The largest absolute Gasteiger partial charge is 0.312 e. The van der Waals surface area contributed by atoms with E-state index < -0.39 is 0 Å². The fourth-order valence-electron chi connectivity index (χ4n) is 2.28. The number of piperidine rings is 1. The second-order valence-electron chi connectivity index (χ2n) is 6.14. The van der Waals surface area contributed by atoms with Gasteiger partial charge in [0.25, 0.3) is 0 Å². The van der Waals surface area contributed by atoms with Crippen LogP contribution in [0.15, 0.2) is 0 Å². The van der Waals surface area contributed by atoms with E-state index in [2.05, 4.69) is 31.0 Å². The molecular weight excluding hydrogens is 196 g/mol. The van der Waals surface area contributed by atoms with Crippen molar-refractivity contribution in [3.05, 3.63) is 0 Å². The molecule has 1 heterocycles. The third-order valence-electron chi connectivity index (χ3n) is 3.26. The van der Waals surface area contributed by atoms with Gasteiger partial charge in [-0.1, -0.05) is 12.8 Å². The minimum Gasteiger partial charge on any atom is -0.312 e. The molecule has 0 amide bonds. The second-order valence-corrected chi connectivity index (χ2v) is 6.14. The Morgan fingerprint density at radius 3 is 2.25 bits per heavy atom. The van der Waals surface area contributed by atoms with E-state index in [0.29, 0.717) is 0 Å². The van der Waals surface area contributed by atoms with Gasteiger partial charge in [0.15, 0.2) is 0 Å². The molecular formula is C14H30N2. The first-order valence-corrected chi connectivity index (χ1v) is 7.05. The number of nitrogens with one attached hydrogen (secondary N) is 1. The van der Waals surface area contributed by atoms with Crippen molar-refractivity contribution in [2.75, 3.05) is 26.2 Å². The second kappa shape index (κ2) is 7.29. The van der Waals surface area contributed by atoms with Gasteiger partial charge in [0.1, 0.15) is 0 Å². The van der Waals surface area contributed by atoms with E-state index in [1.165, 1.54) is 64.7 Å². The highest BCUT2D eigenvalue weighted by Gasteiger charge is 2.09. The van der Waals surface area contributed by atoms with Crippen molar-refractivity contribution < 1.29 is 0 Å². The Kier molecular flexibility index (Phi) is 6.37. The zero-order valence-electron chi connectivity index (χ0n) is 11.5. The van der Waals surface area contributed by atoms with Crippen LogP contribution in [0.4, 0.5) is 0 Å². The number of likely N-dealkylation sites (tertiary alicyclic amines) is 1. The molecule has 0 bridgehead atoms. The molecule has 0 radical (unpaired) electrons. The fourth-order valence-corrected chi connectivity index (χ4v) is 2.28. The third kappa shape index (κ3) is 7.24. The molecule has 0 spiro atoms. The number of unbranched alkanes of at least 4 members (excludes halogenated alkanes) is 2. The monoisotopic (exact) mass is 226 g/mol. The first-order valence-electron chi connectivity index (χ1n) is 7.05. The molecule has 0 aromatic heterocycles. The summed E-state index contributed by atoms with van der Waals surface area (Å²) < 4.78 is 0. The van der Waals surface area contributed by atoms with Crippen LogP contribution in [-0.4, -0.2) is 36.6 Å². The minimum atomic E-state index is 0.285. The summed E-state index contributed by atoms with van der Waals surface area (Å²) in [7, 11) is 0. The van der Waals surface area contributed by atoms with Gasteiger partial charge in [-0.15, -0.1) is 0 Å². The van der Waals surface area contributed by atoms with Gasteiger partial charge in [-0.25, -0.2) is 0 Å². The summed E-state index contributed by atoms with van der Waals surface area (Å²) in [5.41, 5.74) is 0.285. The van der Waals surface area contributed by atoms with Crippen LogP contribution in [0.1, 0.15) is 59.3 Å². The summed E-state index contributed by atoms with van der Waals surface area (Å²) in [5.74, 6) is 0. The standard InChI is InChI=1S/C14H30N2/c1-14(2,3)15-10-6-4-7-11-16-12-8-5-9-13-16/h15H,4-13H2,1-3H3. The molecule has 0 aliphatic carbocycles. The summed E-state index contributed by atoms with van der Waals surface area (Å²) in [6, 6.07) is 0. The smallest absolute Gasteiger partial charge is 0.00965 e. The van der Waals surface area contributed by atoms with Crippen LogP contribution < -0.4 is 5.32 Å². The van der Waals surface area contributed by atoms with E-state index in [1.807, 2.05) is 0 Å². The molecule has 1 aliphatic rings. The van der Waals surface area contributed by atoms with Crippen molar-refractivity contribution in [3.63, 3.8) is 0 Å². The molecule has 1 rings (SSSR count). The highest BCUT2D eigenvalue weighted by molar-refractivity contribution is 4.70. The van der Waals surface area contributed by atoms with Gasteiger partial charge in [0, 0.05) is 5.54 Å². The summed E-state index contributed by atoms with van der Waals surface area (Å²) in [5, 5.41) is 3.55. The summed E-state index contributed by atoms with van der Waals surface area (Å²) >= 11 is 0. The predicted octanol–water partition coefficient (Wildman–Crippen LogP) is 3.03. The van der Waals surface area contributed by atoms with E-state index in [4.69, 9.17) is 0 Å². The molecule has 1 N–H and O–H groups in total. The Bertz CT molecular complexity index is 166. The first kappa shape index (κ1) is 14.0. The van der Waals surface area contributed by atoms with Gasteiger partial charge < -0.3 is 10.2 Å². The predicted molar refractivity (Wildman–Crippen MR) is 71.9 cm³/mol. The van der Waals surface area contributed by atoms with E-state index in [0.717, 1.165) is 0 Å². The van der Waals surface area contributed by atoms with Crippen LogP contribution in [0.3, 0.4) is 0 Å². The van der Waals surface area contributed by atoms with Crippen molar-refractivity contribution in [1.82, 2.24) is 10.2 Å². The lowest BCUT2D eigenvalue weighted by atomic mass is 10.1. The Morgan fingerprint density at radius 1 is 0.938 bits per heavy atom. The van der Waals surface area contributed by atoms with E-state index >= 15 is 0 Å². The molecule has 1 fully saturated rings. The summed E-state index contributed by atoms with van der Waals surface area (Å²) in [6.45, 7) is 11.9. The maximum atomic E-state index is 3.55. The molecule has 0 aromatic rings. The van der Waals surface area contributed by atoms with E-state index in [-0.39, 0.29) is 5.54 Å². The Hall–Kier alpha value is -0.0800. The molecule has 0 aromatic carbocycles. The van der Waals surface area contributed by atoms with Gasteiger partial charge in [0.2, 0.25) is 0 Å². The van der Waals surface area contributed by atoms with Crippen LogP contribution in [0.25, 0.3) is 0 Å². The van der Waals surface area contributed by atoms with Gasteiger partial charge in [-0.2, -0.15) is 0 Å². The normalized spacial score (nSPS) is 18.9. The first-order chi connectivity index (χ1) is 7.58. The van der Waals surface area contributed by atoms with Crippen LogP contribution >= 0.6 is 0 Å². The summed E-state index contributed by atoms with van der Waals surface area (Å²) in [4.78, 5) is 2.64. The molecule has 0 atom stereocenters. The Labute approximate surface area is 102 Å².